The van der Waals surface area contributed by atoms with Crippen molar-refractivity contribution in [3.63, 3.8) is 0 Å². The molecule has 0 aliphatic carbocycles. The number of esters is 2. The highest BCUT2D eigenvalue weighted by molar-refractivity contribution is 7.82. The van der Waals surface area contributed by atoms with Crippen molar-refractivity contribution in [3.05, 3.63) is 35.4 Å². The molecule has 6 heteroatoms. The van der Waals surface area contributed by atoms with E-state index in [2.05, 4.69) is 25.3 Å². The van der Waals surface area contributed by atoms with Gasteiger partial charge in [0.05, 0.1) is 11.1 Å². The first-order chi connectivity index (χ1) is 9.99. The van der Waals surface area contributed by atoms with E-state index in [0.29, 0.717) is 0 Å². The Hall–Kier alpha value is -1.14. The van der Waals surface area contributed by atoms with E-state index in [1.165, 1.54) is 12.1 Å². The Morgan fingerprint density at radius 1 is 0.864 bits per heavy atom. The number of rotatable bonds is 6. The smallest absolute Gasteiger partial charge is 0.339 e. The summed E-state index contributed by atoms with van der Waals surface area (Å²) in [6.07, 6.45) is 0. The summed E-state index contributed by atoms with van der Waals surface area (Å²) in [6, 6.07) is 6.41. The Morgan fingerprint density at radius 2 is 1.18 bits per heavy atom. The van der Waals surface area contributed by atoms with Crippen LogP contribution in [-0.2, 0) is 9.47 Å². The zero-order valence-corrected chi connectivity index (χ0v) is 15.0. The highest BCUT2D eigenvalue weighted by Gasteiger charge is 2.23. The maximum Gasteiger partial charge on any atom is 0.339 e. The molecule has 0 saturated carbocycles. The standard InChI is InChI=1S/C16H22O4S2/c1-15(2,21)9-19-13(17)11-7-5-6-8-12(11)14(18)20-10-16(3,4)22/h5-8,21-22H,9-10H2,1-4H3. The van der Waals surface area contributed by atoms with Gasteiger partial charge in [-0.1, -0.05) is 12.1 Å². The van der Waals surface area contributed by atoms with Crippen LogP contribution in [0.15, 0.2) is 24.3 Å². The van der Waals surface area contributed by atoms with E-state index >= 15 is 0 Å². The normalized spacial score (nSPS) is 11.9. The molecular formula is C16H22O4S2. The first-order valence-electron chi connectivity index (χ1n) is 6.88. The molecule has 0 spiro atoms. The van der Waals surface area contributed by atoms with Crippen LogP contribution in [-0.4, -0.2) is 34.6 Å². The molecule has 0 saturated heterocycles. The van der Waals surface area contributed by atoms with E-state index in [1.807, 2.05) is 27.7 Å². The molecule has 0 atom stereocenters. The second kappa shape index (κ2) is 7.42. The van der Waals surface area contributed by atoms with Gasteiger partial charge < -0.3 is 9.47 Å². The van der Waals surface area contributed by atoms with E-state index in [4.69, 9.17) is 9.47 Å². The van der Waals surface area contributed by atoms with Gasteiger partial charge in [-0.25, -0.2) is 9.59 Å². The molecule has 0 amide bonds. The van der Waals surface area contributed by atoms with Crippen molar-refractivity contribution in [2.45, 2.75) is 37.2 Å². The minimum Gasteiger partial charge on any atom is -0.461 e. The second-order valence-electron chi connectivity index (χ2n) is 6.32. The zero-order valence-electron chi connectivity index (χ0n) is 13.3. The topological polar surface area (TPSA) is 52.6 Å². The predicted octanol–water partition coefficient (Wildman–Crippen LogP) is 3.42. The van der Waals surface area contributed by atoms with Gasteiger partial charge in [-0.3, -0.25) is 0 Å². The monoisotopic (exact) mass is 342 g/mol. The Morgan fingerprint density at radius 3 is 1.45 bits per heavy atom. The van der Waals surface area contributed by atoms with Crippen molar-refractivity contribution in [2.24, 2.45) is 0 Å². The van der Waals surface area contributed by atoms with Crippen LogP contribution in [0.4, 0.5) is 0 Å². The summed E-state index contributed by atoms with van der Waals surface area (Å²) in [5.41, 5.74) is 0.365. The number of carbonyl (C=O) groups excluding carboxylic acids is 2. The van der Waals surface area contributed by atoms with Gasteiger partial charge in [-0.05, 0) is 39.8 Å². The van der Waals surface area contributed by atoms with Crippen LogP contribution < -0.4 is 0 Å². The van der Waals surface area contributed by atoms with Crippen molar-refractivity contribution in [2.75, 3.05) is 13.2 Å². The van der Waals surface area contributed by atoms with Gasteiger partial charge in [-0.2, -0.15) is 25.3 Å². The Labute approximate surface area is 142 Å². The van der Waals surface area contributed by atoms with E-state index in [1.54, 1.807) is 12.1 Å². The molecular weight excluding hydrogens is 320 g/mol. The van der Waals surface area contributed by atoms with Crippen molar-refractivity contribution in [3.8, 4) is 0 Å². The molecule has 0 fully saturated rings. The first-order valence-corrected chi connectivity index (χ1v) is 7.77. The number of hydrogen-bond acceptors (Lipinski definition) is 6. The lowest BCUT2D eigenvalue weighted by atomic mass is 10.1. The molecule has 122 valence electrons. The third kappa shape index (κ3) is 6.75. The lowest BCUT2D eigenvalue weighted by molar-refractivity contribution is 0.0432. The Kier molecular flexibility index (Phi) is 6.38. The maximum absolute atomic E-state index is 12.1. The Balaban J connectivity index is 2.85. The second-order valence-corrected chi connectivity index (χ2v) is 8.74. The number of hydrogen-bond donors (Lipinski definition) is 2. The van der Waals surface area contributed by atoms with Crippen LogP contribution >= 0.6 is 25.3 Å². The number of thiol groups is 2. The summed E-state index contributed by atoms with van der Waals surface area (Å²) in [5.74, 6) is -1.14. The predicted molar refractivity (Wildman–Crippen MR) is 93.1 cm³/mol. The van der Waals surface area contributed by atoms with Crippen LogP contribution in [0.2, 0.25) is 0 Å². The zero-order chi connectivity index (χ0) is 17.0. The number of ether oxygens (including phenoxy) is 2. The molecule has 0 bridgehead atoms. The number of carbonyl (C=O) groups is 2. The van der Waals surface area contributed by atoms with Gasteiger partial charge in [0.25, 0.3) is 0 Å². The summed E-state index contributed by atoms with van der Waals surface area (Å²) in [4.78, 5) is 24.3. The molecule has 0 unspecified atom stereocenters. The molecule has 0 aliphatic heterocycles. The summed E-state index contributed by atoms with van der Waals surface area (Å²) in [6.45, 7) is 7.61. The van der Waals surface area contributed by atoms with E-state index in [-0.39, 0.29) is 24.3 Å². The van der Waals surface area contributed by atoms with Gasteiger partial charge in [0.2, 0.25) is 0 Å². The minimum absolute atomic E-state index is 0.141. The quantitative estimate of drug-likeness (QED) is 0.614. The van der Waals surface area contributed by atoms with Crippen molar-refractivity contribution in [1.29, 1.82) is 0 Å². The third-order valence-corrected chi connectivity index (χ3v) is 2.74. The highest BCUT2D eigenvalue weighted by atomic mass is 32.1. The molecule has 1 aromatic carbocycles. The van der Waals surface area contributed by atoms with Crippen molar-refractivity contribution < 1.29 is 19.1 Å². The van der Waals surface area contributed by atoms with Gasteiger partial charge >= 0.3 is 11.9 Å². The van der Waals surface area contributed by atoms with Gasteiger partial charge in [-0.15, -0.1) is 0 Å². The fraction of sp³-hybridized carbons (Fsp3) is 0.500. The van der Waals surface area contributed by atoms with Crippen molar-refractivity contribution in [1.82, 2.24) is 0 Å². The van der Waals surface area contributed by atoms with Crippen LogP contribution in [0, 0.1) is 0 Å². The lowest BCUT2D eigenvalue weighted by Crippen LogP contribution is -2.25. The lowest BCUT2D eigenvalue weighted by Gasteiger charge is -2.19. The molecule has 22 heavy (non-hydrogen) atoms. The van der Waals surface area contributed by atoms with E-state index < -0.39 is 21.4 Å². The summed E-state index contributed by atoms with van der Waals surface area (Å²) in [5, 5.41) is 0. The van der Waals surface area contributed by atoms with E-state index in [0.717, 1.165) is 0 Å². The SMILES string of the molecule is CC(C)(S)COC(=O)c1ccccc1C(=O)OCC(C)(C)S. The molecule has 0 aliphatic rings. The third-order valence-electron chi connectivity index (χ3n) is 2.48. The number of benzene rings is 1. The molecule has 0 heterocycles. The highest BCUT2D eigenvalue weighted by Crippen LogP contribution is 2.18. The fourth-order valence-electron chi connectivity index (χ4n) is 1.48. The van der Waals surface area contributed by atoms with Gasteiger partial charge in [0.15, 0.2) is 0 Å². The van der Waals surface area contributed by atoms with Crippen LogP contribution in [0.25, 0.3) is 0 Å². The maximum atomic E-state index is 12.1. The van der Waals surface area contributed by atoms with Crippen LogP contribution in [0.5, 0.6) is 0 Å². The summed E-state index contributed by atoms with van der Waals surface area (Å²) in [7, 11) is 0. The molecule has 0 N–H and O–H groups in total. The average molecular weight is 342 g/mol. The summed E-state index contributed by atoms with van der Waals surface area (Å²) >= 11 is 8.59. The minimum atomic E-state index is -0.570. The molecule has 0 aromatic heterocycles. The van der Waals surface area contributed by atoms with Crippen molar-refractivity contribution >= 4 is 37.2 Å². The Bertz CT molecular complexity index is 493. The molecule has 4 nitrogen and oxygen atoms in total. The first kappa shape index (κ1) is 18.9. The molecule has 0 radical (unpaired) electrons. The molecule has 1 aromatic rings. The van der Waals surface area contributed by atoms with Gasteiger partial charge in [0.1, 0.15) is 13.2 Å². The largest absolute Gasteiger partial charge is 0.461 e. The fourth-order valence-corrected chi connectivity index (χ4v) is 1.61. The average Bonchev–Trinajstić information content (AvgIpc) is 2.40. The van der Waals surface area contributed by atoms with Crippen LogP contribution in [0.1, 0.15) is 48.4 Å². The van der Waals surface area contributed by atoms with E-state index in [9.17, 15) is 9.59 Å². The summed E-state index contributed by atoms with van der Waals surface area (Å²) < 4.78 is 9.49. The van der Waals surface area contributed by atoms with Gasteiger partial charge in [0, 0.05) is 9.49 Å². The molecule has 1 rings (SSSR count). The van der Waals surface area contributed by atoms with Crippen LogP contribution in [0.3, 0.4) is 0 Å².